The van der Waals surface area contributed by atoms with Gasteiger partial charge in [0.05, 0.1) is 6.54 Å². The third kappa shape index (κ3) is 2.46. The van der Waals surface area contributed by atoms with Crippen molar-refractivity contribution in [3.8, 4) is 0 Å². The van der Waals surface area contributed by atoms with Gasteiger partial charge in [0.1, 0.15) is 6.04 Å². The maximum Gasteiger partial charge on any atom is 1.00 e. The van der Waals surface area contributed by atoms with E-state index >= 15 is 0 Å². The van der Waals surface area contributed by atoms with Crippen molar-refractivity contribution in [2.75, 3.05) is 6.54 Å². The molecule has 11 heavy (non-hydrogen) atoms. The van der Waals surface area contributed by atoms with Crippen molar-refractivity contribution in [1.82, 2.24) is 4.31 Å². The van der Waals surface area contributed by atoms with E-state index in [1.165, 1.54) is 0 Å². The summed E-state index contributed by atoms with van der Waals surface area (Å²) in [5, 5.41) is 0. The van der Waals surface area contributed by atoms with Gasteiger partial charge in [0.15, 0.2) is 10.3 Å². The first-order chi connectivity index (χ1) is 4.43. The molecule has 1 amide bonds. The largest absolute Gasteiger partial charge is 1.00 e. The van der Waals surface area contributed by atoms with Crippen molar-refractivity contribution in [2.24, 2.45) is 5.73 Å². The van der Waals surface area contributed by atoms with Crippen molar-refractivity contribution in [3.05, 3.63) is 0 Å². The van der Waals surface area contributed by atoms with Crippen LogP contribution in [0.5, 0.6) is 0 Å². The van der Waals surface area contributed by atoms with Crippen LogP contribution < -0.4 is 57.1 Å². The minimum Gasteiger partial charge on any atom is -0.731 e. The molecule has 1 aliphatic heterocycles. The van der Waals surface area contributed by atoms with E-state index in [1.807, 2.05) is 0 Å². The summed E-state index contributed by atoms with van der Waals surface area (Å²) in [6.07, 6.45) is 0. The van der Waals surface area contributed by atoms with Crippen molar-refractivity contribution < 1.29 is 69.1 Å². The maximum atomic E-state index is 10.4. The number of amides is 1. The molecular weight excluding hydrogens is 199 g/mol. The Morgan fingerprint density at radius 3 is 2.18 bits per heavy atom. The third-order valence-corrected chi connectivity index (χ3v) is 2.06. The Balaban J connectivity index is 0.000001000. The summed E-state index contributed by atoms with van der Waals surface area (Å²) in [7, 11) is -4.59. The summed E-state index contributed by atoms with van der Waals surface area (Å²) in [6, 6.07) is -0.816. The molecule has 0 spiro atoms. The van der Waals surface area contributed by atoms with Gasteiger partial charge in [0.25, 0.3) is 5.91 Å². The number of carbonyl (C=O) groups is 1. The fourth-order valence-electron chi connectivity index (χ4n) is 0.621. The number of nitrogens with two attached hydrogens (primary N) is 1. The Kier molecular flexibility index (Phi) is 4.13. The third-order valence-electron chi connectivity index (χ3n) is 1.20. The van der Waals surface area contributed by atoms with Gasteiger partial charge in [0.2, 0.25) is 0 Å². The smallest absolute Gasteiger partial charge is 0.731 e. The topological polar surface area (TPSA) is 104 Å². The Labute approximate surface area is 106 Å². The first kappa shape index (κ1) is 12.0. The fraction of sp³-hybridized carbons (Fsp3) is 0.667. The van der Waals surface area contributed by atoms with Gasteiger partial charge >= 0.3 is 51.4 Å². The normalized spacial score (nSPS) is 24.0. The molecule has 0 aromatic heterocycles. The van der Waals surface area contributed by atoms with Gasteiger partial charge in [-0.05, 0) is 0 Å². The predicted octanol–water partition coefficient (Wildman–Crippen LogP) is -5.38. The standard InChI is InChI=1S/C3H6N2O4S.K/c4-2-1-5(3(2)6)10(7,8)9;/h2H,1,4H2,(H,7,8,9);/q;+1/p-1/t2-;/m0./s1. The molecular formula is C3H5KN2O4S. The molecule has 1 heterocycles. The molecule has 1 fully saturated rings. The van der Waals surface area contributed by atoms with Crippen LogP contribution >= 0.6 is 0 Å². The molecule has 2 N–H and O–H groups in total. The molecule has 8 heteroatoms. The molecule has 1 atom stereocenters. The van der Waals surface area contributed by atoms with Crippen molar-refractivity contribution in [3.63, 3.8) is 0 Å². The summed E-state index contributed by atoms with van der Waals surface area (Å²) in [5.41, 5.74) is 5.01. The summed E-state index contributed by atoms with van der Waals surface area (Å²) >= 11 is 0. The second-order valence-corrected chi connectivity index (χ2v) is 3.23. The average molecular weight is 204 g/mol. The number of hydrogen-bond donors (Lipinski definition) is 1. The molecule has 0 bridgehead atoms. The molecule has 0 aromatic rings. The molecule has 0 aromatic carbocycles. The van der Waals surface area contributed by atoms with Crippen molar-refractivity contribution in [2.45, 2.75) is 6.04 Å². The summed E-state index contributed by atoms with van der Waals surface area (Å²) in [6.45, 7) is -0.190. The SMILES string of the molecule is N[C@H]1CN(S(=O)(=O)[O-])C1=O.[K+]. The van der Waals surface area contributed by atoms with Crippen LogP contribution in [0.15, 0.2) is 0 Å². The molecule has 1 rings (SSSR count). The zero-order valence-electron chi connectivity index (χ0n) is 5.85. The van der Waals surface area contributed by atoms with E-state index in [9.17, 15) is 17.8 Å². The van der Waals surface area contributed by atoms with Gasteiger partial charge < -0.3 is 10.3 Å². The van der Waals surface area contributed by atoms with Gasteiger partial charge in [-0.1, -0.05) is 0 Å². The van der Waals surface area contributed by atoms with Crippen LogP contribution in [-0.2, 0) is 15.1 Å². The zero-order chi connectivity index (χ0) is 7.94. The van der Waals surface area contributed by atoms with E-state index in [0.29, 0.717) is 0 Å². The molecule has 0 aliphatic carbocycles. The van der Waals surface area contributed by atoms with Crippen LogP contribution in [-0.4, -0.2) is 35.8 Å². The van der Waals surface area contributed by atoms with Crippen LogP contribution in [0, 0.1) is 0 Å². The maximum absolute atomic E-state index is 10.4. The number of rotatable bonds is 1. The Hall–Kier alpha value is 0.976. The van der Waals surface area contributed by atoms with Crippen molar-refractivity contribution >= 4 is 16.2 Å². The van der Waals surface area contributed by atoms with Gasteiger partial charge in [-0.2, -0.15) is 0 Å². The molecule has 1 aliphatic rings. The molecule has 1 saturated heterocycles. The van der Waals surface area contributed by atoms with E-state index in [-0.39, 0.29) is 62.2 Å². The van der Waals surface area contributed by atoms with Crippen LogP contribution in [0.25, 0.3) is 0 Å². The van der Waals surface area contributed by atoms with E-state index < -0.39 is 22.3 Å². The summed E-state index contributed by atoms with van der Waals surface area (Å²) in [5.74, 6) is -0.824. The number of nitrogens with zero attached hydrogens (tertiary/aromatic N) is 1. The average Bonchev–Trinajstić information content (AvgIpc) is 1.79. The first-order valence-corrected chi connectivity index (χ1v) is 3.82. The predicted molar refractivity (Wildman–Crippen MR) is 29.4 cm³/mol. The van der Waals surface area contributed by atoms with Gasteiger partial charge in [0, 0.05) is 0 Å². The number of hydrogen-bond acceptors (Lipinski definition) is 5. The quantitative estimate of drug-likeness (QED) is 0.261. The molecule has 0 radical (unpaired) electrons. The van der Waals surface area contributed by atoms with E-state index in [1.54, 1.807) is 0 Å². The minimum absolute atomic E-state index is 0. The van der Waals surface area contributed by atoms with Gasteiger partial charge in [-0.3, -0.25) is 4.79 Å². The van der Waals surface area contributed by atoms with Gasteiger partial charge in [-0.25, -0.2) is 12.7 Å². The second-order valence-electron chi connectivity index (χ2n) is 1.93. The first-order valence-electron chi connectivity index (χ1n) is 2.46. The van der Waals surface area contributed by atoms with Gasteiger partial charge in [-0.15, -0.1) is 0 Å². The number of carbonyl (C=O) groups excluding carboxylic acids is 1. The van der Waals surface area contributed by atoms with Crippen LogP contribution in [0.3, 0.4) is 0 Å². The van der Waals surface area contributed by atoms with Crippen LogP contribution in [0.1, 0.15) is 0 Å². The fourth-order valence-corrected chi connectivity index (χ4v) is 1.32. The van der Waals surface area contributed by atoms with Crippen molar-refractivity contribution in [1.29, 1.82) is 0 Å². The van der Waals surface area contributed by atoms with E-state index in [0.717, 1.165) is 0 Å². The Bertz CT molecular complexity index is 263. The second kappa shape index (κ2) is 3.79. The molecule has 6 nitrogen and oxygen atoms in total. The number of β-lactam (4-membered cyclic amide) rings is 1. The van der Waals surface area contributed by atoms with E-state index in [2.05, 4.69) is 0 Å². The minimum atomic E-state index is -4.59. The van der Waals surface area contributed by atoms with Crippen LogP contribution in [0.4, 0.5) is 0 Å². The Morgan fingerprint density at radius 1 is 1.64 bits per heavy atom. The Morgan fingerprint density at radius 2 is 2.09 bits per heavy atom. The summed E-state index contributed by atoms with van der Waals surface area (Å²) < 4.78 is 30.4. The van der Waals surface area contributed by atoms with Crippen LogP contribution in [0.2, 0.25) is 0 Å². The molecule has 58 valence electrons. The molecule has 0 unspecified atom stereocenters. The zero-order valence-corrected chi connectivity index (χ0v) is 9.79. The monoisotopic (exact) mass is 204 g/mol. The summed E-state index contributed by atoms with van der Waals surface area (Å²) in [4.78, 5) is 10.4. The molecule has 0 saturated carbocycles. The van der Waals surface area contributed by atoms with E-state index in [4.69, 9.17) is 5.73 Å².